The van der Waals surface area contributed by atoms with Gasteiger partial charge < -0.3 is 24.7 Å². The first-order valence-electron chi connectivity index (χ1n) is 10.1. The van der Waals surface area contributed by atoms with Crippen molar-refractivity contribution in [2.75, 3.05) is 13.7 Å². The molecule has 164 valence electrons. The minimum absolute atomic E-state index is 0.0403. The number of ether oxygens (including phenoxy) is 4. The fourth-order valence-electron chi connectivity index (χ4n) is 4.00. The third-order valence-corrected chi connectivity index (χ3v) is 5.39. The van der Waals surface area contributed by atoms with E-state index in [9.17, 15) is 19.6 Å². The van der Waals surface area contributed by atoms with Crippen molar-refractivity contribution in [2.24, 2.45) is 11.7 Å². The number of carbonyl (C=O) groups excluding carboxylic acids is 3. The molecule has 31 heavy (non-hydrogen) atoms. The van der Waals surface area contributed by atoms with Gasteiger partial charge in [-0.3, -0.25) is 4.79 Å². The second-order valence-electron chi connectivity index (χ2n) is 7.19. The number of nitrogens with two attached hydrogens (primary N) is 1. The molecule has 2 heterocycles. The van der Waals surface area contributed by atoms with Crippen molar-refractivity contribution in [3.05, 3.63) is 40.3 Å². The fourth-order valence-corrected chi connectivity index (χ4v) is 4.00. The van der Waals surface area contributed by atoms with Crippen LogP contribution >= 0.6 is 0 Å². The normalized spacial score (nSPS) is 20.0. The summed E-state index contributed by atoms with van der Waals surface area (Å²) in [5.74, 6) is -5.12. The van der Waals surface area contributed by atoms with Crippen LogP contribution in [0.15, 0.2) is 23.6 Å². The van der Waals surface area contributed by atoms with Crippen molar-refractivity contribution in [3.8, 4) is 11.8 Å². The zero-order valence-electron chi connectivity index (χ0n) is 17.6. The third kappa shape index (κ3) is 3.81. The minimum atomic E-state index is -1.46. The maximum atomic E-state index is 12.9. The zero-order valence-corrected chi connectivity index (χ0v) is 17.6. The van der Waals surface area contributed by atoms with Crippen LogP contribution in [0.5, 0.6) is 5.75 Å². The van der Waals surface area contributed by atoms with Gasteiger partial charge in [0.15, 0.2) is 5.92 Å². The summed E-state index contributed by atoms with van der Waals surface area (Å²) in [6.07, 6.45) is 1.94. The Hall–Kier alpha value is -3.54. The van der Waals surface area contributed by atoms with Gasteiger partial charge in [-0.15, -0.1) is 0 Å². The van der Waals surface area contributed by atoms with Gasteiger partial charge in [-0.1, -0.05) is 19.4 Å². The van der Waals surface area contributed by atoms with Gasteiger partial charge in [-0.2, -0.15) is 5.26 Å². The summed E-state index contributed by atoms with van der Waals surface area (Å²) < 4.78 is 21.1. The van der Waals surface area contributed by atoms with E-state index >= 15 is 0 Å². The zero-order chi connectivity index (χ0) is 22.7. The van der Waals surface area contributed by atoms with Crippen LogP contribution < -0.4 is 10.5 Å². The van der Waals surface area contributed by atoms with Gasteiger partial charge in [0, 0.05) is 11.1 Å². The number of nitriles is 1. The number of nitrogens with zero attached hydrogens (tertiary/aromatic N) is 1. The van der Waals surface area contributed by atoms with E-state index in [2.05, 4.69) is 0 Å². The SMILES string of the molecule is CCCCC1OC(=O)c2c1ccc1c2C(C(C#N)C(=O)OC)C(C(=O)OCC)=C(N)O1. The van der Waals surface area contributed by atoms with Crippen LogP contribution in [0.25, 0.3) is 0 Å². The molecule has 0 bridgehead atoms. The van der Waals surface area contributed by atoms with E-state index in [1.165, 1.54) is 0 Å². The molecule has 0 saturated heterocycles. The highest BCUT2D eigenvalue weighted by Gasteiger charge is 2.47. The predicted molar refractivity (Wildman–Crippen MR) is 106 cm³/mol. The number of cyclic esters (lactones) is 1. The van der Waals surface area contributed by atoms with Crippen molar-refractivity contribution < 1.29 is 33.3 Å². The number of rotatable bonds is 7. The Morgan fingerprint density at radius 1 is 1.32 bits per heavy atom. The molecule has 0 spiro atoms. The summed E-state index contributed by atoms with van der Waals surface area (Å²) in [4.78, 5) is 38.0. The fraction of sp³-hybridized carbons (Fsp3) is 0.455. The topological polar surface area (TPSA) is 138 Å². The number of esters is 3. The Bertz CT molecular complexity index is 992. The van der Waals surface area contributed by atoms with Crippen LogP contribution in [0.3, 0.4) is 0 Å². The molecule has 0 aromatic heterocycles. The number of unbranched alkanes of at least 4 members (excludes halogenated alkanes) is 1. The number of hydrogen-bond donors (Lipinski definition) is 1. The molecule has 0 aliphatic carbocycles. The monoisotopic (exact) mass is 428 g/mol. The number of fused-ring (bicyclic) bond motifs is 3. The molecule has 9 heteroatoms. The summed E-state index contributed by atoms with van der Waals surface area (Å²) in [5.41, 5.74) is 6.81. The Balaban J connectivity index is 2.24. The second kappa shape index (κ2) is 9.08. The predicted octanol–water partition coefficient (Wildman–Crippen LogP) is 2.61. The van der Waals surface area contributed by atoms with Crippen molar-refractivity contribution in [2.45, 2.75) is 45.1 Å². The van der Waals surface area contributed by atoms with Crippen molar-refractivity contribution in [1.82, 2.24) is 0 Å². The largest absolute Gasteiger partial charge is 0.468 e. The van der Waals surface area contributed by atoms with Crippen molar-refractivity contribution in [3.63, 3.8) is 0 Å². The molecule has 3 unspecified atom stereocenters. The van der Waals surface area contributed by atoms with Gasteiger partial charge in [0.2, 0.25) is 5.88 Å². The Labute approximate surface area is 179 Å². The lowest BCUT2D eigenvalue weighted by atomic mass is 9.76. The molecule has 2 aliphatic heterocycles. The maximum absolute atomic E-state index is 12.9. The molecule has 0 fully saturated rings. The van der Waals surface area contributed by atoms with E-state index in [-0.39, 0.29) is 34.9 Å². The highest BCUT2D eigenvalue weighted by atomic mass is 16.6. The maximum Gasteiger partial charge on any atom is 0.340 e. The lowest BCUT2D eigenvalue weighted by Gasteiger charge is -2.30. The first-order chi connectivity index (χ1) is 14.9. The Kier molecular flexibility index (Phi) is 6.49. The molecule has 0 amide bonds. The van der Waals surface area contributed by atoms with Crippen LogP contribution in [0.4, 0.5) is 0 Å². The summed E-state index contributed by atoms with van der Waals surface area (Å²) in [6.45, 7) is 3.68. The molecule has 1 aromatic rings. The first-order valence-corrected chi connectivity index (χ1v) is 10.1. The van der Waals surface area contributed by atoms with Gasteiger partial charge in [-0.25, -0.2) is 9.59 Å². The van der Waals surface area contributed by atoms with Crippen molar-refractivity contribution in [1.29, 1.82) is 5.26 Å². The van der Waals surface area contributed by atoms with E-state index in [0.29, 0.717) is 12.0 Å². The summed E-state index contributed by atoms with van der Waals surface area (Å²) in [6, 6.07) is 5.19. The van der Waals surface area contributed by atoms with E-state index in [4.69, 9.17) is 24.7 Å². The van der Waals surface area contributed by atoms with Crippen LogP contribution in [-0.4, -0.2) is 31.6 Å². The smallest absolute Gasteiger partial charge is 0.340 e. The first kappa shape index (κ1) is 22.2. The number of hydrogen-bond acceptors (Lipinski definition) is 9. The van der Waals surface area contributed by atoms with Crippen LogP contribution in [0, 0.1) is 17.2 Å². The molecular weight excluding hydrogens is 404 g/mol. The average Bonchev–Trinajstić information content (AvgIpc) is 3.07. The lowest BCUT2D eigenvalue weighted by Crippen LogP contribution is -2.34. The van der Waals surface area contributed by atoms with Crippen LogP contribution in [-0.2, 0) is 23.8 Å². The molecular formula is C22H24N2O7. The number of benzene rings is 1. The summed E-state index contributed by atoms with van der Waals surface area (Å²) in [7, 11) is 1.13. The van der Waals surface area contributed by atoms with Gasteiger partial charge in [-0.05, 0) is 25.8 Å². The molecule has 2 N–H and O–H groups in total. The van der Waals surface area contributed by atoms with Crippen LogP contribution in [0.1, 0.15) is 66.6 Å². The minimum Gasteiger partial charge on any atom is -0.468 e. The average molecular weight is 428 g/mol. The van der Waals surface area contributed by atoms with Gasteiger partial charge >= 0.3 is 17.9 Å². The Morgan fingerprint density at radius 2 is 2.06 bits per heavy atom. The standard InChI is InChI=1S/C22H24N2O7/c1-4-6-7-13-11-8-9-14-17(16(11)22(27)31-13)15(12(10-23)20(25)28-3)18(19(24)30-14)21(26)29-5-2/h8-9,12-13,15H,4-7,24H2,1-3H3. The molecule has 1 aromatic carbocycles. The summed E-state index contributed by atoms with van der Waals surface area (Å²) >= 11 is 0. The van der Waals surface area contributed by atoms with Gasteiger partial charge in [0.05, 0.1) is 31.3 Å². The van der Waals surface area contributed by atoms with Gasteiger partial charge in [0.1, 0.15) is 17.4 Å². The van der Waals surface area contributed by atoms with E-state index < -0.39 is 35.8 Å². The highest BCUT2D eigenvalue weighted by Crippen LogP contribution is 2.49. The van der Waals surface area contributed by atoms with E-state index in [1.807, 2.05) is 13.0 Å². The van der Waals surface area contributed by atoms with E-state index in [1.54, 1.807) is 19.1 Å². The van der Waals surface area contributed by atoms with E-state index in [0.717, 1.165) is 20.0 Å². The second-order valence-corrected chi connectivity index (χ2v) is 7.19. The van der Waals surface area contributed by atoms with Crippen molar-refractivity contribution >= 4 is 17.9 Å². The van der Waals surface area contributed by atoms with Gasteiger partial charge in [0.25, 0.3) is 0 Å². The molecule has 0 saturated carbocycles. The molecule has 9 nitrogen and oxygen atoms in total. The Morgan fingerprint density at radius 3 is 2.68 bits per heavy atom. The lowest BCUT2D eigenvalue weighted by molar-refractivity contribution is -0.144. The number of carbonyl (C=O) groups is 3. The molecule has 0 radical (unpaired) electrons. The quantitative estimate of drug-likeness (QED) is 0.513. The third-order valence-electron chi connectivity index (χ3n) is 5.39. The summed E-state index contributed by atoms with van der Waals surface area (Å²) in [5, 5.41) is 9.78. The highest BCUT2D eigenvalue weighted by molar-refractivity contribution is 6.00. The number of methoxy groups -OCH3 is 1. The van der Waals surface area contributed by atoms with Crippen LogP contribution in [0.2, 0.25) is 0 Å². The molecule has 2 aliphatic rings. The molecule has 3 rings (SSSR count). The molecule has 3 atom stereocenters.